The van der Waals surface area contributed by atoms with Gasteiger partial charge in [-0.1, -0.05) is 75.0 Å². The molecule has 3 aromatic rings. The van der Waals surface area contributed by atoms with Crippen LogP contribution in [0.3, 0.4) is 0 Å². The van der Waals surface area contributed by atoms with E-state index in [1.165, 1.54) is 42.3 Å². The van der Waals surface area contributed by atoms with Crippen LogP contribution in [-0.4, -0.2) is 67.6 Å². The lowest BCUT2D eigenvalue weighted by Gasteiger charge is -2.36. The lowest BCUT2D eigenvalue weighted by atomic mass is 10.1. The Bertz CT molecular complexity index is 1450. The standard InChI is InChI=1S/C21H19FO2.C14H20F3N3O.C2H6.CH3NO/c22-19-8-12-21(13-9-19)24-20-10-6-17(7-11-20)14-15-23-16-18-4-2-1-3-5-18;1-3-4-5-12(14(15,16)17)11(2)20-8-6-19(7-9-20)10-13(18)21;1-2;2-1-3/h1-13H,14-16H2;3-5H,1,6-10H2,2H3,(H2,18,21);1-2H3;1H,(H2,2,3)/b;5-4-,12-11-;;. The smallest absolute Gasteiger partial charge is 0.418 e. The van der Waals surface area contributed by atoms with Crippen LogP contribution in [-0.2, 0) is 27.4 Å². The van der Waals surface area contributed by atoms with Gasteiger partial charge in [0.2, 0.25) is 12.3 Å². The first-order chi connectivity index (χ1) is 24.0. The van der Waals surface area contributed by atoms with Crippen molar-refractivity contribution < 1.29 is 36.6 Å². The molecule has 8 nitrogen and oxygen atoms in total. The number of rotatable bonds is 12. The number of benzene rings is 3. The van der Waals surface area contributed by atoms with Gasteiger partial charge in [-0.05, 0) is 66.9 Å². The fourth-order valence-corrected chi connectivity index (χ4v) is 4.53. The van der Waals surface area contributed by atoms with Crippen molar-refractivity contribution in [3.63, 3.8) is 0 Å². The Morgan fingerprint density at radius 1 is 0.900 bits per heavy atom. The van der Waals surface area contributed by atoms with Crippen molar-refractivity contribution in [3.05, 3.63) is 132 Å². The first-order valence-corrected chi connectivity index (χ1v) is 16.1. The van der Waals surface area contributed by atoms with Crippen molar-refractivity contribution in [1.29, 1.82) is 0 Å². The van der Waals surface area contributed by atoms with E-state index in [-0.39, 0.29) is 24.5 Å². The summed E-state index contributed by atoms with van der Waals surface area (Å²) in [7, 11) is 0. The van der Waals surface area contributed by atoms with Crippen LogP contribution in [0.1, 0.15) is 31.9 Å². The second-order valence-corrected chi connectivity index (χ2v) is 10.4. The third-order valence-corrected chi connectivity index (χ3v) is 6.94. The summed E-state index contributed by atoms with van der Waals surface area (Å²) >= 11 is 0. The van der Waals surface area contributed by atoms with E-state index in [2.05, 4.69) is 24.4 Å². The number of hydrogen-bond donors (Lipinski definition) is 2. The Labute approximate surface area is 292 Å². The highest BCUT2D eigenvalue weighted by atomic mass is 19.4. The molecule has 4 rings (SSSR count). The van der Waals surface area contributed by atoms with Crippen molar-refractivity contribution in [3.8, 4) is 11.5 Å². The summed E-state index contributed by atoms with van der Waals surface area (Å²) in [5.74, 6) is 0.653. The number of carbonyl (C=O) groups is 2. The van der Waals surface area contributed by atoms with Crippen molar-refractivity contribution in [2.24, 2.45) is 11.5 Å². The average molecular weight is 701 g/mol. The highest BCUT2D eigenvalue weighted by Crippen LogP contribution is 2.31. The summed E-state index contributed by atoms with van der Waals surface area (Å²) in [5.41, 5.74) is 11.1. The Morgan fingerprint density at radius 2 is 1.44 bits per heavy atom. The van der Waals surface area contributed by atoms with Gasteiger partial charge in [0.25, 0.3) is 0 Å². The minimum Gasteiger partial charge on any atom is -0.457 e. The van der Waals surface area contributed by atoms with Crippen molar-refractivity contribution in [1.82, 2.24) is 9.80 Å². The monoisotopic (exact) mass is 700 g/mol. The summed E-state index contributed by atoms with van der Waals surface area (Å²) in [6.45, 7) is 12.2. The molecule has 272 valence electrons. The molecule has 1 aliphatic heterocycles. The largest absolute Gasteiger partial charge is 0.457 e. The molecule has 3 aromatic carbocycles. The quantitative estimate of drug-likeness (QED) is 0.0897. The van der Waals surface area contributed by atoms with Crippen molar-refractivity contribution >= 4 is 12.3 Å². The van der Waals surface area contributed by atoms with Gasteiger partial charge in [-0.25, -0.2) is 4.39 Å². The molecule has 0 atom stereocenters. The van der Waals surface area contributed by atoms with Gasteiger partial charge in [-0.3, -0.25) is 14.5 Å². The number of nitrogens with zero attached hydrogens (tertiary/aromatic N) is 2. The van der Waals surface area contributed by atoms with E-state index in [1.54, 1.807) is 17.0 Å². The summed E-state index contributed by atoms with van der Waals surface area (Å²) < 4.78 is 63.4. The second-order valence-electron chi connectivity index (χ2n) is 10.4. The number of halogens is 4. The normalized spacial score (nSPS) is 13.3. The van der Waals surface area contributed by atoms with Crippen LogP contribution < -0.4 is 16.2 Å². The van der Waals surface area contributed by atoms with Gasteiger partial charge in [-0.15, -0.1) is 0 Å². The fraction of sp³-hybridized carbons (Fsp3) is 0.316. The molecule has 0 saturated carbocycles. The zero-order valence-electron chi connectivity index (χ0n) is 28.9. The number of nitrogens with two attached hydrogens (primary N) is 2. The average Bonchev–Trinajstić information content (AvgIpc) is 3.10. The number of piperazine rings is 1. The summed E-state index contributed by atoms with van der Waals surface area (Å²) in [6.07, 6.45) is 0.301. The van der Waals surface area contributed by atoms with Gasteiger partial charge in [0.05, 0.1) is 25.3 Å². The van der Waals surface area contributed by atoms with Gasteiger partial charge < -0.3 is 25.8 Å². The number of allylic oxidation sites excluding steroid dienone is 5. The number of alkyl halides is 3. The Balaban J connectivity index is 0.000000447. The Hall–Kier alpha value is -4.94. The molecular weight excluding hydrogens is 652 g/mol. The predicted octanol–water partition coefficient (Wildman–Crippen LogP) is 7.17. The number of primary amides is 2. The molecule has 2 amide bonds. The maximum atomic E-state index is 13.1. The summed E-state index contributed by atoms with van der Waals surface area (Å²) in [4.78, 5) is 22.9. The number of carbonyl (C=O) groups excluding carboxylic acids is 2. The molecule has 12 heteroatoms. The highest BCUT2D eigenvalue weighted by molar-refractivity contribution is 5.75. The van der Waals surface area contributed by atoms with Gasteiger partial charge in [-0.2, -0.15) is 13.2 Å². The molecule has 0 aliphatic carbocycles. The van der Waals surface area contributed by atoms with E-state index < -0.39 is 17.7 Å². The Kier molecular flexibility index (Phi) is 20.9. The first-order valence-electron chi connectivity index (χ1n) is 16.1. The molecule has 1 saturated heterocycles. The van der Waals surface area contributed by atoms with E-state index in [4.69, 9.17) is 20.0 Å². The molecule has 50 heavy (non-hydrogen) atoms. The van der Waals surface area contributed by atoms with Crippen LogP contribution in [0.25, 0.3) is 0 Å². The minimum atomic E-state index is -4.41. The van der Waals surface area contributed by atoms with Gasteiger partial charge in [0.1, 0.15) is 17.3 Å². The van der Waals surface area contributed by atoms with E-state index in [0.717, 1.165) is 18.2 Å². The van der Waals surface area contributed by atoms with Crippen LogP contribution in [0.15, 0.2) is 115 Å². The molecule has 1 fully saturated rings. The van der Waals surface area contributed by atoms with Crippen LogP contribution in [0.2, 0.25) is 0 Å². The maximum absolute atomic E-state index is 13.1. The van der Waals surface area contributed by atoms with Crippen LogP contribution in [0.4, 0.5) is 17.6 Å². The minimum absolute atomic E-state index is 0.138. The van der Waals surface area contributed by atoms with E-state index in [0.29, 0.717) is 45.1 Å². The number of hydrogen-bond acceptors (Lipinski definition) is 6. The molecule has 0 spiro atoms. The lowest BCUT2D eigenvalue weighted by Crippen LogP contribution is -2.48. The van der Waals surface area contributed by atoms with Gasteiger partial charge in [0, 0.05) is 31.9 Å². The predicted molar refractivity (Wildman–Crippen MR) is 190 cm³/mol. The van der Waals surface area contributed by atoms with E-state index >= 15 is 0 Å². The molecule has 0 aromatic heterocycles. The Morgan fingerprint density at radius 3 is 1.94 bits per heavy atom. The topological polar surface area (TPSA) is 111 Å². The third-order valence-electron chi connectivity index (χ3n) is 6.94. The van der Waals surface area contributed by atoms with Crippen LogP contribution in [0, 0.1) is 5.82 Å². The van der Waals surface area contributed by atoms with E-state index in [1.807, 2.05) is 61.2 Å². The first kappa shape index (κ1) is 43.1. The molecule has 0 unspecified atom stereocenters. The lowest BCUT2D eigenvalue weighted by molar-refractivity contribution is -0.119. The zero-order valence-corrected chi connectivity index (χ0v) is 28.9. The van der Waals surface area contributed by atoms with Crippen molar-refractivity contribution in [2.75, 3.05) is 39.3 Å². The van der Waals surface area contributed by atoms with Crippen LogP contribution >= 0.6 is 0 Å². The number of ether oxygens (including phenoxy) is 2. The summed E-state index contributed by atoms with van der Waals surface area (Å²) in [5, 5.41) is 0. The zero-order chi connectivity index (χ0) is 37.4. The van der Waals surface area contributed by atoms with Crippen molar-refractivity contribution in [2.45, 2.75) is 40.0 Å². The molecule has 4 N–H and O–H groups in total. The molecule has 1 heterocycles. The maximum Gasteiger partial charge on any atom is 0.418 e. The van der Waals surface area contributed by atoms with Crippen LogP contribution in [0.5, 0.6) is 11.5 Å². The van der Waals surface area contributed by atoms with Gasteiger partial charge in [0.15, 0.2) is 0 Å². The van der Waals surface area contributed by atoms with Gasteiger partial charge >= 0.3 is 6.18 Å². The SMILES string of the molecule is C=C/C=C\C(=C(/C)N1CCN(CC(N)=O)CC1)C(F)(F)F.CC.Fc1ccc(Oc2ccc(CCOCc3ccccc3)cc2)cc1.NC=O. The highest BCUT2D eigenvalue weighted by Gasteiger charge is 2.35. The van der Waals surface area contributed by atoms with E-state index in [9.17, 15) is 22.4 Å². The third kappa shape index (κ3) is 17.5. The molecule has 0 radical (unpaired) electrons. The molecule has 1 aliphatic rings. The summed E-state index contributed by atoms with van der Waals surface area (Å²) in [6, 6.07) is 24.0. The second kappa shape index (κ2) is 24.2. The number of amides is 2. The fourth-order valence-electron chi connectivity index (χ4n) is 4.53. The molecular formula is C38H48F4N4O4. The molecule has 0 bridgehead atoms.